The Labute approximate surface area is 128 Å². The number of ether oxygens (including phenoxy) is 1. The van der Waals surface area contributed by atoms with E-state index < -0.39 is 11.7 Å². The fourth-order valence-corrected chi connectivity index (χ4v) is 1.57. The molecule has 112 valence electrons. The van der Waals surface area contributed by atoms with Gasteiger partial charge in [-0.05, 0) is 43.6 Å². The smallest absolute Gasteiger partial charge is 0.407 e. The van der Waals surface area contributed by atoms with Gasteiger partial charge in [-0.1, -0.05) is 0 Å². The second-order valence-corrected chi connectivity index (χ2v) is 6.46. The highest BCUT2D eigenvalue weighted by Crippen LogP contribution is 2.12. The molecule has 0 spiro atoms. The molecule has 0 aliphatic heterocycles. The van der Waals surface area contributed by atoms with Crippen molar-refractivity contribution in [1.29, 1.82) is 0 Å². The van der Waals surface area contributed by atoms with Gasteiger partial charge in [0.1, 0.15) is 5.60 Å². The standard InChI is InChI=1S/C13H21BrN4O2/c1-9(6-17-12(19)20-13(2,3)4)18(5)11-15-7-10(14)8-16-11/h7-9H,6H2,1-5H3,(H,17,19)/t9-/m0/s1. The summed E-state index contributed by atoms with van der Waals surface area (Å²) in [4.78, 5) is 21.9. The van der Waals surface area contributed by atoms with E-state index in [2.05, 4.69) is 31.2 Å². The molecule has 1 rings (SSSR count). The summed E-state index contributed by atoms with van der Waals surface area (Å²) in [5.41, 5.74) is -0.492. The maximum atomic E-state index is 11.6. The third kappa shape index (κ3) is 5.73. The van der Waals surface area contributed by atoms with Gasteiger partial charge in [-0.3, -0.25) is 0 Å². The molecular weight excluding hydrogens is 324 g/mol. The summed E-state index contributed by atoms with van der Waals surface area (Å²) in [5, 5.41) is 2.73. The van der Waals surface area contributed by atoms with E-state index in [1.54, 1.807) is 12.4 Å². The second-order valence-electron chi connectivity index (χ2n) is 5.54. The summed E-state index contributed by atoms with van der Waals surface area (Å²) < 4.78 is 6.01. The fourth-order valence-electron chi connectivity index (χ4n) is 1.37. The van der Waals surface area contributed by atoms with Crippen LogP contribution in [0.5, 0.6) is 0 Å². The second kappa shape index (κ2) is 6.88. The van der Waals surface area contributed by atoms with Gasteiger partial charge in [-0.15, -0.1) is 0 Å². The lowest BCUT2D eigenvalue weighted by Crippen LogP contribution is -2.42. The molecule has 1 N–H and O–H groups in total. The highest BCUT2D eigenvalue weighted by molar-refractivity contribution is 9.10. The summed E-state index contributed by atoms with van der Waals surface area (Å²) in [6.07, 6.45) is 2.95. The first-order valence-electron chi connectivity index (χ1n) is 6.36. The van der Waals surface area contributed by atoms with E-state index in [1.807, 2.05) is 39.6 Å². The van der Waals surface area contributed by atoms with Gasteiger partial charge in [0, 0.05) is 32.0 Å². The molecule has 1 amide bonds. The number of rotatable bonds is 4. The average molecular weight is 345 g/mol. The summed E-state index contributed by atoms with van der Waals surface area (Å²) in [5.74, 6) is 0.603. The summed E-state index contributed by atoms with van der Waals surface area (Å²) in [6, 6.07) is 0.0451. The van der Waals surface area contributed by atoms with E-state index in [4.69, 9.17) is 4.74 Å². The van der Waals surface area contributed by atoms with Gasteiger partial charge < -0.3 is 15.0 Å². The molecule has 0 fully saturated rings. The average Bonchev–Trinajstić information content (AvgIpc) is 2.34. The van der Waals surface area contributed by atoms with Crippen LogP contribution in [0.3, 0.4) is 0 Å². The molecular formula is C13H21BrN4O2. The van der Waals surface area contributed by atoms with Crippen molar-refractivity contribution in [2.45, 2.75) is 39.3 Å². The van der Waals surface area contributed by atoms with E-state index in [0.29, 0.717) is 12.5 Å². The quantitative estimate of drug-likeness (QED) is 0.909. The van der Waals surface area contributed by atoms with E-state index in [1.165, 1.54) is 0 Å². The van der Waals surface area contributed by atoms with Crippen molar-refractivity contribution >= 4 is 28.0 Å². The van der Waals surface area contributed by atoms with Crippen molar-refractivity contribution in [3.05, 3.63) is 16.9 Å². The van der Waals surface area contributed by atoms with E-state index in [0.717, 1.165) is 4.47 Å². The molecule has 1 aromatic rings. The number of anilines is 1. The molecule has 0 unspecified atom stereocenters. The Morgan fingerprint density at radius 3 is 2.50 bits per heavy atom. The molecule has 0 saturated heterocycles. The van der Waals surface area contributed by atoms with E-state index >= 15 is 0 Å². The number of nitrogens with zero attached hydrogens (tertiary/aromatic N) is 3. The van der Waals surface area contributed by atoms with Gasteiger partial charge in [0.25, 0.3) is 0 Å². The molecule has 6 nitrogen and oxygen atoms in total. The summed E-state index contributed by atoms with van der Waals surface area (Å²) in [7, 11) is 1.88. The minimum atomic E-state index is -0.492. The van der Waals surface area contributed by atoms with Crippen LogP contribution in [0, 0.1) is 0 Å². The van der Waals surface area contributed by atoms with Crippen LogP contribution in [0.25, 0.3) is 0 Å². The fraction of sp³-hybridized carbons (Fsp3) is 0.615. The van der Waals surface area contributed by atoms with Gasteiger partial charge in [0.2, 0.25) is 5.95 Å². The van der Waals surface area contributed by atoms with Crippen LogP contribution in [0.1, 0.15) is 27.7 Å². The van der Waals surface area contributed by atoms with Crippen molar-refractivity contribution in [2.75, 3.05) is 18.5 Å². The normalized spacial score (nSPS) is 12.7. The maximum Gasteiger partial charge on any atom is 0.407 e. The number of alkyl carbamates (subject to hydrolysis) is 1. The zero-order valence-electron chi connectivity index (χ0n) is 12.5. The minimum absolute atomic E-state index is 0.0451. The molecule has 0 saturated carbocycles. The van der Waals surface area contributed by atoms with Crippen LogP contribution in [-0.2, 0) is 4.74 Å². The van der Waals surface area contributed by atoms with Gasteiger partial charge in [0.05, 0.1) is 4.47 Å². The Morgan fingerprint density at radius 2 is 2.00 bits per heavy atom. The number of likely N-dealkylation sites (N-methyl/N-ethyl adjacent to an activating group) is 1. The number of nitrogens with one attached hydrogen (secondary N) is 1. The highest BCUT2D eigenvalue weighted by Gasteiger charge is 2.18. The number of carbonyl (C=O) groups is 1. The summed E-state index contributed by atoms with van der Waals surface area (Å²) in [6.45, 7) is 7.92. The van der Waals surface area contributed by atoms with Gasteiger partial charge in [-0.2, -0.15) is 0 Å². The zero-order valence-corrected chi connectivity index (χ0v) is 14.1. The van der Waals surface area contributed by atoms with Crippen molar-refractivity contribution in [2.24, 2.45) is 0 Å². The number of halogens is 1. The molecule has 0 aliphatic rings. The Bertz CT molecular complexity index is 445. The highest BCUT2D eigenvalue weighted by atomic mass is 79.9. The van der Waals surface area contributed by atoms with Crippen molar-refractivity contribution < 1.29 is 9.53 Å². The van der Waals surface area contributed by atoms with Crippen LogP contribution in [0.2, 0.25) is 0 Å². The maximum absolute atomic E-state index is 11.6. The molecule has 1 aromatic heterocycles. The number of carbonyl (C=O) groups excluding carboxylic acids is 1. The molecule has 0 bridgehead atoms. The third-order valence-electron chi connectivity index (χ3n) is 2.52. The van der Waals surface area contributed by atoms with Gasteiger partial charge in [0.15, 0.2) is 0 Å². The first-order valence-corrected chi connectivity index (χ1v) is 7.15. The van der Waals surface area contributed by atoms with Gasteiger partial charge >= 0.3 is 6.09 Å². The largest absolute Gasteiger partial charge is 0.444 e. The Hall–Kier alpha value is -1.37. The van der Waals surface area contributed by atoms with Crippen LogP contribution in [0.15, 0.2) is 16.9 Å². The van der Waals surface area contributed by atoms with Crippen molar-refractivity contribution in [3.8, 4) is 0 Å². The van der Waals surface area contributed by atoms with Crippen molar-refractivity contribution in [3.63, 3.8) is 0 Å². The lowest BCUT2D eigenvalue weighted by Gasteiger charge is -2.26. The van der Waals surface area contributed by atoms with Crippen LogP contribution in [0.4, 0.5) is 10.7 Å². The Morgan fingerprint density at radius 1 is 1.45 bits per heavy atom. The lowest BCUT2D eigenvalue weighted by atomic mass is 10.2. The van der Waals surface area contributed by atoms with Crippen LogP contribution < -0.4 is 10.2 Å². The molecule has 1 heterocycles. The minimum Gasteiger partial charge on any atom is -0.444 e. The monoisotopic (exact) mass is 344 g/mol. The summed E-state index contributed by atoms with van der Waals surface area (Å²) >= 11 is 3.29. The SMILES string of the molecule is C[C@@H](CNC(=O)OC(C)(C)C)N(C)c1ncc(Br)cn1. The van der Waals surface area contributed by atoms with E-state index in [9.17, 15) is 4.79 Å². The molecule has 20 heavy (non-hydrogen) atoms. The number of amides is 1. The van der Waals surface area contributed by atoms with Crippen LogP contribution in [-0.4, -0.2) is 41.3 Å². The topological polar surface area (TPSA) is 67.3 Å². The molecule has 0 radical (unpaired) electrons. The predicted octanol–water partition coefficient (Wildman–Crippen LogP) is 2.59. The van der Waals surface area contributed by atoms with Crippen molar-refractivity contribution in [1.82, 2.24) is 15.3 Å². The molecule has 0 aliphatic carbocycles. The lowest BCUT2D eigenvalue weighted by molar-refractivity contribution is 0.0525. The number of aromatic nitrogens is 2. The third-order valence-corrected chi connectivity index (χ3v) is 2.93. The first-order chi connectivity index (χ1) is 9.19. The first kappa shape index (κ1) is 16.7. The molecule has 7 heteroatoms. The van der Waals surface area contributed by atoms with Gasteiger partial charge in [-0.25, -0.2) is 14.8 Å². The van der Waals surface area contributed by atoms with E-state index in [-0.39, 0.29) is 6.04 Å². The Kier molecular flexibility index (Phi) is 5.74. The van der Waals surface area contributed by atoms with Crippen LogP contribution >= 0.6 is 15.9 Å². The number of hydrogen-bond acceptors (Lipinski definition) is 5. The predicted molar refractivity (Wildman–Crippen MR) is 81.8 cm³/mol. The molecule has 1 atom stereocenters. The Balaban J connectivity index is 2.48. The number of hydrogen-bond donors (Lipinski definition) is 1. The molecule has 0 aromatic carbocycles. The zero-order chi connectivity index (χ0) is 15.3.